The Morgan fingerprint density at radius 2 is 1.82 bits per heavy atom. The highest BCUT2D eigenvalue weighted by molar-refractivity contribution is 7.94. The van der Waals surface area contributed by atoms with Crippen LogP contribution in [0.3, 0.4) is 0 Å². The molecule has 8 heteroatoms. The second-order valence-electron chi connectivity index (χ2n) is 4.55. The first kappa shape index (κ1) is 16.3. The van der Waals surface area contributed by atoms with Gasteiger partial charge in [0.1, 0.15) is 4.21 Å². The number of thiophene rings is 1. The summed E-state index contributed by atoms with van der Waals surface area (Å²) in [5.74, 6) is 0. The molecule has 0 fully saturated rings. The fourth-order valence-corrected chi connectivity index (χ4v) is 4.10. The van der Waals surface area contributed by atoms with E-state index in [1.54, 1.807) is 43.4 Å². The number of sulfonamides is 1. The number of anilines is 2. The number of methoxy groups -OCH3 is 1. The fraction of sp³-hybridized carbons (Fsp3) is 0.214. The molecule has 0 aliphatic carbocycles. The molecule has 0 saturated heterocycles. The number of nitrogens with zero attached hydrogens (tertiary/aromatic N) is 1. The molecule has 1 aromatic carbocycles. The Hall–Kier alpha value is -2.06. The summed E-state index contributed by atoms with van der Waals surface area (Å²) in [6.45, 7) is 1.85. The SMILES string of the molecule is COC(=O)N(C)c1ccc(NS(=O)(=O)c2ccc(C)s2)cc1. The van der Waals surface area contributed by atoms with Gasteiger partial charge in [0.15, 0.2) is 0 Å². The highest BCUT2D eigenvalue weighted by atomic mass is 32.2. The molecular weight excluding hydrogens is 324 g/mol. The lowest BCUT2D eigenvalue weighted by molar-refractivity contribution is 0.180. The van der Waals surface area contributed by atoms with Crippen molar-refractivity contribution in [3.63, 3.8) is 0 Å². The zero-order valence-electron chi connectivity index (χ0n) is 12.4. The number of hydrogen-bond donors (Lipinski definition) is 1. The van der Waals surface area contributed by atoms with Crippen molar-refractivity contribution in [2.45, 2.75) is 11.1 Å². The van der Waals surface area contributed by atoms with Crippen molar-refractivity contribution in [2.24, 2.45) is 0 Å². The molecule has 1 heterocycles. The molecule has 6 nitrogen and oxygen atoms in total. The minimum Gasteiger partial charge on any atom is -0.452 e. The van der Waals surface area contributed by atoms with Crippen LogP contribution in [0.4, 0.5) is 16.2 Å². The van der Waals surface area contributed by atoms with E-state index in [0.717, 1.165) is 4.88 Å². The Bertz CT molecular complexity index is 766. The first-order valence-corrected chi connectivity index (χ1v) is 8.64. The van der Waals surface area contributed by atoms with Crippen molar-refractivity contribution in [3.8, 4) is 0 Å². The second kappa shape index (κ2) is 6.37. The van der Waals surface area contributed by atoms with Gasteiger partial charge in [-0.15, -0.1) is 11.3 Å². The van der Waals surface area contributed by atoms with E-state index >= 15 is 0 Å². The number of hydrogen-bond acceptors (Lipinski definition) is 5. The van der Waals surface area contributed by atoms with E-state index in [0.29, 0.717) is 11.4 Å². The molecule has 22 heavy (non-hydrogen) atoms. The second-order valence-corrected chi connectivity index (χ2v) is 7.74. The monoisotopic (exact) mass is 340 g/mol. The zero-order valence-corrected chi connectivity index (χ0v) is 14.0. The predicted octanol–water partition coefficient (Wildman–Crippen LogP) is 3.06. The quantitative estimate of drug-likeness (QED) is 0.928. The van der Waals surface area contributed by atoms with Gasteiger partial charge in [-0.25, -0.2) is 13.2 Å². The first-order chi connectivity index (χ1) is 10.3. The number of aryl methyl sites for hydroxylation is 1. The van der Waals surface area contributed by atoms with Crippen molar-refractivity contribution in [1.29, 1.82) is 0 Å². The topological polar surface area (TPSA) is 75.7 Å². The Balaban J connectivity index is 2.16. The average Bonchev–Trinajstić information content (AvgIpc) is 2.93. The van der Waals surface area contributed by atoms with Gasteiger partial charge >= 0.3 is 6.09 Å². The van der Waals surface area contributed by atoms with E-state index in [2.05, 4.69) is 9.46 Å². The van der Waals surface area contributed by atoms with Crippen molar-refractivity contribution < 1.29 is 17.9 Å². The molecule has 1 amide bonds. The molecule has 0 radical (unpaired) electrons. The molecule has 2 aromatic rings. The Kier molecular flexibility index (Phi) is 4.72. The molecule has 0 aliphatic rings. The number of carbonyl (C=O) groups is 1. The van der Waals surface area contributed by atoms with Gasteiger partial charge < -0.3 is 4.74 Å². The van der Waals surface area contributed by atoms with Crippen LogP contribution in [0.15, 0.2) is 40.6 Å². The summed E-state index contributed by atoms with van der Waals surface area (Å²) < 4.78 is 31.8. The van der Waals surface area contributed by atoms with Crippen LogP contribution in [0, 0.1) is 6.92 Å². The number of nitrogens with one attached hydrogen (secondary N) is 1. The maximum Gasteiger partial charge on any atom is 0.413 e. The lowest BCUT2D eigenvalue weighted by atomic mass is 10.3. The maximum absolute atomic E-state index is 12.2. The molecule has 1 N–H and O–H groups in total. The van der Waals surface area contributed by atoms with Gasteiger partial charge in [0.25, 0.3) is 10.0 Å². The predicted molar refractivity (Wildman–Crippen MR) is 87.1 cm³/mol. The van der Waals surface area contributed by atoms with E-state index in [-0.39, 0.29) is 4.21 Å². The molecule has 1 aromatic heterocycles. The molecule has 0 spiro atoms. The van der Waals surface area contributed by atoms with Gasteiger partial charge in [0, 0.05) is 23.3 Å². The Labute approximate surface area is 133 Å². The Morgan fingerprint density at radius 1 is 1.18 bits per heavy atom. The third kappa shape index (κ3) is 3.58. The fourth-order valence-electron chi connectivity index (χ4n) is 1.76. The summed E-state index contributed by atoms with van der Waals surface area (Å²) in [7, 11) is -0.718. The minimum absolute atomic E-state index is 0.265. The molecular formula is C14H16N2O4S2. The highest BCUT2D eigenvalue weighted by Crippen LogP contribution is 2.24. The standard InChI is InChI=1S/C14H16N2O4S2/c1-10-4-9-13(21-10)22(18,19)15-11-5-7-12(8-6-11)16(2)14(17)20-3/h4-9,15H,1-3H3. The van der Waals surface area contributed by atoms with Gasteiger partial charge in [0.2, 0.25) is 0 Å². The largest absolute Gasteiger partial charge is 0.452 e. The third-order valence-corrected chi connectivity index (χ3v) is 5.81. The van der Waals surface area contributed by atoms with E-state index in [1.807, 2.05) is 6.92 Å². The van der Waals surface area contributed by atoms with Crippen molar-refractivity contribution in [1.82, 2.24) is 0 Å². The van der Waals surface area contributed by atoms with Crippen molar-refractivity contribution in [3.05, 3.63) is 41.3 Å². The summed E-state index contributed by atoms with van der Waals surface area (Å²) in [5.41, 5.74) is 1.02. The molecule has 2 rings (SSSR count). The van der Waals surface area contributed by atoms with Gasteiger partial charge in [-0.05, 0) is 43.3 Å². The summed E-state index contributed by atoms with van der Waals surface area (Å²) in [5, 5.41) is 0. The van der Waals surface area contributed by atoms with Gasteiger partial charge in [-0.3, -0.25) is 9.62 Å². The van der Waals surface area contributed by atoms with Gasteiger partial charge in [0.05, 0.1) is 7.11 Å². The number of carbonyl (C=O) groups excluding carboxylic acids is 1. The number of benzene rings is 1. The van der Waals surface area contributed by atoms with Crippen molar-refractivity contribution in [2.75, 3.05) is 23.8 Å². The Morgan fingerprint density at radius 3 is 2.32 bits per heavy atom. The number of amides is 1. The zero-order chi connectivity index (χ0) is 16.3. The number of ether oxygens (including phenoxy) is 1. The van der Waals surface area contributed by atoms with Crippen LogP contribution in [0.2, 0.25) is 0 Å². The summed E-state index contributed by atoms with van der Waals surface area (Å²) in [6, 6.07) is 9.78. The van der Waals surface area contributed by atoms with Crippen LogP contribution in [0.5, 0.6) is 0 Å². The van der Waals surface area contributed by atoms with E-state index in [1.165, 1.54) is 23.3 Å². The molecule has 0 aliphatic heterocycles. The van der Waals surface area contributed by atoms with Gasteiger partial charge in [-0.2, -0.15) is 0 Å². The molecule has 118 valence electrons. The molecule has 0 bridgehead atoms. The van der Waals surface area contributed by atoms with Crippen LogP contribution in [0.1, 0.15) is 4.88 Å². The minimum atomic E-state index is -3.58. The molecule has 0 saturated carbocycles. The summed E-state index contributed by atoms with van der Waals surface area (Å²) in [6.07, 6.45) is -0.498. The summed E-state index contributed by atoms with van der Waals surface area (Å²) in [4.78, 5) is 13.7. The first-order valence-electron chi connectivity index (χ1n) is 6.34. The lowest BCUT2D eigenvalue weighted by Crippen LogP contribution is -2.25. The smallest absolute Gasteiger partial charge is 0.413 e. The normalized spacial score (nSPS) is 11.0. The van der Waals surface area contributed by atoms with Gasteiger partial charge in [-0.1, -0.05) is 0 Å². The van der Waals surface area contributed by atoms with Crippen LogP contribution in [-0.4, -0.2) is 28.7 Å². The molecule has 0 unspecified atom stereocenters. The number of rotatable bonds is 4. The van der Waals surface area contributed by atoms with E-state index in [9.17, 15) is 13.2 Å². The van der Waals surface area contributed by atoms with Crippen LogP contribution < -0.4 is 9.62 Å². The van der Waals surface area contributed by atoms with E-state index in [4.69, 9.17) is 0 Å². The van der Waals surface area contributed by atoms with Crippen LogP contribution >= 0.6 is 11.3 Å². The van der Waals surface area contributed by atoms with Crippen LogP contribution in [0.25, 0.3) is 0 Å². The lowest BCUT2D eigenvalue weighted by Gasteiger charge is -2.16. The highest BCUT2D eigenvalue weighted by Gasteiger charge is 2.16. The van der Waals surface area contributed by atoms with E-state index < -0.39 is 16.1 Å². The van der Waals surface area contributed by atoms with Crippen molar-refractivity contribution >= 4 is 38.8 Å². The summed E-state index contributed by atoms with van der Waals surface area (Å²) >= 11 is 1.21. The molecule has 0 atom stereocenters. The maximum atomic E-state index is 12.2. The third-order valence-electron chi connectivity index (χ3n) is 2.94. The average molecular weight is 340 g/mol. The van der Waals surface area contributed by atoms with Crippen LogP contribution in [-0.2, 0) is 14.8 Å².